The predicted octanol–water partition coefficient (Wildman–Crippen LogP) is 1.95. The summed E-state index contributed by atoms with van der Waals surface area (Å²) in [5.74, 6) is -3.70. The Kier molecular flexibility index (Phi) is 5.88. The molecule has 0 aliphatic heterocycles. The van der Waals surface area contributed by atoms with Crippen LogP contribution in [-0.4, -0.2) is 43.4 Å². The maximum Gasteiger partial charge on any atom is 0.465 e. The first-order chi connectivity index (χ1) is 12.1. The summed E-state index contributed by atoms with van der Waals surface area (Å²) in [5.41, 5.74) is 0.867. The molecule has 140 valence electrons. The van der Waals surface area contributed by atoms with Crippen LogP contribution in [0.15, 0.2) is 42.5 Å². The van der Waals surface area contributed by atoms with E-state index in [1.54, 1.807) is 0 Å². The average Bonchev–Trinajstić information content (AvgIpc) is 2.58. The number of carbonyl (C=O) groups is 2. The van der Waals surface area contributed by atoms with Crippen molar-refractivity contribution in [2.75, 3.05) is 13.2 Å². The van der Waals surface area contributed by atoms with Crippen molar-refractivity contribution in [3.63, 3.8) is 0 Å². The highest BCUT2D eigenvalue weighted by Gasteiger charge is 2.54. The summed E-state index contributed by atoms with van der Waals surface area (Å²) >= 11 is 0. The van der Waals surface area contributed by atoms with Gasteiger partial charge in [0.1, 0.15) is 0 Å². The Hall–Kier alpha value is -2.59. The monoisotopic (exact) mass is 388 g/mol. The Morgan fingerprint density at radius 2 is 1.69 bits per heavy atom. The lowest BCUT2D eigenvalue weighted by molar-refractivity contribution is -0.169. The molecule has 0 saturated heterocycles. The summed E-state index contributed by atoms with van der Waals surface area (Å²) in [5, 5.41) is -3.11. The normalized spacial score (nSPS) is 12.0. The van der Waals surface area contributed by atoms with Gasteiger partial charge in [-0.2, -0.15) is 17.2 Å². The SMILES string of the molecule is O=C(COC(=O)C(F)(F)S(=O)(=O)O)OCCc1ccc2ccccc2c1. The number of halogens is 2. The summed E-state index contributed by atoms with van der Waals surface area (Å²) < 4.78 is 63.3. The van der Waals surface area contributed by atoms with Gasteiger partial charge in [0.2, 0.25) is 0 Å². The lowest BCUT2D eigenvalue weighted by Gasteiger charge is -2.11. The second-order valence-corrected chi connectivity index (χ2v) is 6.68. The van der Waals surface area contributed by atoms with E-state index in [0.29, 0.717) is 6.42 Å². The number of benzene rings is 2. The first-order valence-electron chi connectivity index (χ1n) is 7.26. The molecule has 2 aromatic rings. The molecule has 0 heterocycles. The van der Waals surface area contributed by atoms with Crippen molar-refractivity contribution in [1.29, 1.82) is 0 Å². The number of carbonyl (C=O) groups excluding carboxylic acids is 2. The molecule has 0 spiro atoms. The molecule has 26 heavy (non-hydrogen) atoms. The smallest absolute Gasteiger partial charge is 0.463 e. The Balaban J connectivity index is 1.80. The van der Waals surface area contributed by atoms with E-state index in [2.05, 4.69) is 4.74 Å². The minimum atomic E-state index is -5.98. The minimum absolute atomic E-state index is 0.0938. The van der Waals surface area contributed by atoms with E-state index in [4.69, 9.17) is 9.29 Å². The summed E-state index contributed by atoms with van der Waals surface area (Å²) in [7, 11) is -5.98. The first kappa shape index (κ1) is 19.7. The van der Waals surface area contributed by atoms with E-state index in [9.17, 15) is 26.8 Å². The predicted molar refractivity (Wildman–Crippen MR) is 86.1 cm³/mol. The highest BCUT2D eigenvalue weighted by atomic mass is 32.2. The molecule has 1 N–H and O–H groups in total. The molecule has 0 amide bonds. The topological polar surface area (TPSA) is 107 Å². The fourth-order valence-electron chi connectivity index (χ4n) is 2.03. The number of rotatable bonds is 7. The van der Waals surface area contributed by atoms with Gasteiger partial charge >= 0.3 is 27.3 Å². The molecule has 0 aromatic heterocycles. The van der Waals surface area contributed by atoms with Crippen LogP contribution in [-0.2, 0) is 35.6 Å². The van der Waals surface area contributed by atoms with E-state index in [-0.39, 0.29) is 6.61 Å². The molecule has 0 saturated carbocycles. The molecule has 10 heteroatoms. The van der Waals surface area contributed by atoms with Crippen LogP contribution in [0.25, 0.3) is 10.8 Å². The third-order valence-corrected chi connectivity index (χ3v) is 4.16. The first-order valence-corrected chi connectivity index (χ1v) is 8.70. The maximum absolute atomic E-state index is 12.9. The molecule has 0 unspecified atom stereocenters. The van der Waals surface area contributed by atoms with E-state index < -0.39 is 33.9 Å². The number of hydrogen-bond acceptors (Lipinski definition) is 6. The highest BCUT2D eigenvalue weighted by molar-refractivity contribution is 7.87. The zero-order chi connectivity index (χ0) is 19.4. The van der Waals surface area contributed by atoms with Crippen molar-refractivity contribution in [1.82, 2.24) is 0 Å². The third-order valence-electron chi connectivity index (χ3n) is 3.35. The van der Waals surface area contributed by atoms with E-state index in [0.717, 1.165) is 16.3 Å². The second kappa shape index (κ2) is 7.75. The van der Waals surface area contributed by atoms with Crippen LogP contribution >= 0.6 is 0 Å². The van der Waals surface area contributed by atoms with Gasteiger partial charge in [-0.1, -0.05) is 42.5 Å². The van der Waals surface area contributed by atoms with Gasteiger partial charge in [-0.25, -0.2) is 9.59 Å². The van der Waals surface area contributed by atoms with Gasteiger partial charge in [0.25, 0.3) is 0 Å². The fourth-order valence-corrected chi connectivity index (χ4v) is 2.30. The van der Waals surface area contributed by atoms with Crippen LogP contribution in [0.5, 0.6) is 0 Å². The minimum Gasteiger partial charge on any atom is -0.463 e. The molecule has 0 fully saturated rings. The van der Waals surface area contributed by atoms with Crippen molar-refractivity contribution in [3.05, 3.63) is 48.0 Å². The number of hydrogen-bond donors (Lipinski definition) is 1. The molecule has 0 atom stereocenters. The van der Waals surface area contributed by atoms with E-state index >= 15 is 0 Å². The van der Waals surface area contributed by atoms with Gasteiger partial charge in [0, 0.05) is 6.42 Å². The van der Waals surface area contributed by atoms with Gasteiger partial charge < -0.3 is 9.47 Å². The number of fused-ring (bicyclic) bond motifs is 1. The fraction of sp³-hybridized carbons (Fsp3) is 0.250. The largest absolute Gasteiger partial charge is 0.465 e. The van der Waals surface area contributed by atoms with Crippen LogP contribution in [0.2, 0.25) is 0 Å². The van der Waals surface area contributed by atoms with E-state index in [1.807, 2.05) is 42.5 Å². The van der Waals surface area contributed by atoms with Crippen molar-refractivity contribution >= 4 is 32.8 Å². The number of ether oxygens (including phenoxy) is 2. The molecular formula is C16H14F2O7S. The van der Waals surface area contributed by atoms with Gasteiger partial charge in [-0.05, 0) is 16.3 Å². The van der Waals surface area contributed by atoms with Crippen molar-refractivity contribution in [2.24, 2.45) is 0 Å². The zero-order valence-electron chi connectivity index (χ0n) is 13.2. The molecule has 2 aromatic carbocycles. The van der Waals surface area contributed by atoms with Crippen LogP contribution < -0.4 is 0 Å². The standard InChI is InChI=1S/C16H14F2O7S/c17-16(18,26(21,22)23)15(20)25-10-14(19)24-8-7-11-5-6-12-3-1-2-4-13(12)9-11/h1-6,9H,7-8,10H2,(H,21,22,23). The number of alkyl halides is 2. The van der Waals surface area contributed by atoms with Crippen LogP contribution in [0.4, 0.5) is 8.78 Å². The van der Waals surface area contributed by atoms with Crippen molar-refractivity contribution in [2.45, 2.75) is 11.7 Å². The van der Waals surface area contributed by atoms with Gasteiger partial charge in [0.15, 0.2) is 6.61 Å². The lowest BCUT2D eigenvalue weighted by Crippen LogP contribution is -2.39. The number of esters is 2. The molecule has 2 rings (SSSR count). The van der Waals surface area contributed by atoms with E-state index in [1.165, 1.54) is 0 Å². The third kappa shape index (κ3) is 4.73. The Morgan fingerprint density at radius 3 is 2.35 bits per heavy atom. The van der Waals surface area contributed by atoms with Crippen LogP contribution in [0, 0.1) is 0 Å². The van der Waals surface area contributed by atoms with Crippen LogP contribution in [0.1, 0.15) is 5.56 Å². The second-order valence-electron chi connectivity index (χ2n) is 5.22. The van der Waals surface area contributed by atoms with Gasteiger partial charge in [-0.15, -0.1) is 0 Å². The van der Waals surface area contributed by atoms with Gasteiger partial charge in [-0.3, -0.25) is 4.55 Å². The molecule has 0 radical (unpaired) electrons. The molecule has 0 aliphatic rings. The Morgan fingerprint density at radius 1 is 1.04 bits per heavy atom. The highest BCUT2D eigenvalue weighted by Crippen LogP contribution is 2.22. The Bertz CT molecular complexity index is 925. The Labute approximate surface area is 147 Å². The van der Waals surface area contributed by atoms with Gasteiger partial charge in [0.05, 0.1) is 6.61 Å². The summed E-state index contributed by atoms with van der Waals surface area (Å²) in [6.45, 7) is -1.30. The zero-order valence-corrected chi connectivity index (χ0v) is 14.0. The van der Waals surface area contributed by atoms with Crippen LogP contribution in [0.3, 0.4) is 0 Å². The quantitative estimate of drug-likeness (QED) is 0.571. The lowest BCUT2D eigenvalue weighted by atomic mass is 10.1. The summed E-state index contributed by atoms with van der Waals surface area (Å²) in [6.07, 6.45) is 0.339. The van der Waals surface area contributed by atoms with Crippen molar-refractivity contribution < 1.29 is 40.8 Å². The maximum atomic E-state index is 12.9. The summed E-state index contributed by atoms with van der Waals surface area (Å²) in [4.78, 5) is 22.3. The molecule has 0 aliphatic carbocycles. The molecular weight excluding hydrogens is 374 g/mol. The molecule has 7 nitrogen and oxygen atoms in total. The van der Waals surface area contributed by atoms with Crippen molar-refractivity contribution in [3.8, 4) is 0 Å². The summed E-state index contributed by atoms with van der Waals surface area (Å²) in [6, 6.07) is 13.3. The molecule has 0 bridgehead atoms. The average molecular weight is 388 g/mol.